The molecule has 4 fully saturated rings. The molecule has 0 amide bonds. The van der Waals surface area contributed by atoms with Crippen molar-refractivity contribution in [2.45, 2.75) is 42.9 Å². The third kappa shape index (κ3) is 2.75. The molecule has 0 saturated carbocycles. The van der Waals surface area contributed by atoms with Crippen LogP contribution in [0.25, 0.3) is 0 Å². The van der Waals surface area contributed by atoms with E-state index >= 15 is 0 Å². The van der Waals surface area contributed by atoms with Crippen LogP contribution in [0.2, 0.25) is 0 Å². The molecular formula is C20H28N2O6. The summed E-state index contributed by atoms with van der Waals surface area (Å²) in [5, 5.41) is 49.8. The van der Waals surface area contributed by atoms with Crippen LogP contribution in [0.1, 0.15) is 12.5 Å². The average Bonchev–Trinajstić information content (AvgIpc) is 2.69. The number of nitrogens with zero attached hydrogens (tertiary/aromatic N) is 2. The van der Waals surface area contributed by atoms with E-state index in [1.807, 2.05) is 47.1 Å². The number of carbonyl (C=O) groups is 1. The third-order valence-corrected chi connectivity index (χ3v) is 6.69. The van der Waals surface area contributed by atoms with Gasteiger partial charge in [-0.25, -0.2) is 0 Å². The lowest BCUT2D eigenvalue weighted by Crippen LogP contribution is -2.82. The van der Waals surface area contributed by atoms with E-state index in [0.717, 1.165) is 5.56 Å². The third-order valence-electron chi connectivity index (χ3n) is 6.69. The summed E-state index contributed by atoms with van der Waals surface area (Å²) in [7, 11) is 0. The zero-order valence-corrected chi connectivity index (χ0v) is 15.8. The van der Waals surface area contributed by atoms with Gasteiger partial charge in [-0.05, 0) is 5.56 Å². The SMILES string of the molecule is CC12CN3CC(c4ccccc4)(CN(C1)C3[C@H](O)[C@H](O)[C@@H](O)[C@H](O)CO)C2=O. The van der Waals surface area contributed by atoms with Crippen LogP contribution in [0, 0.1) is 5.41 Å². The second-order valence-electron chi connectivity index (χ2n) is 8.78. The van der Waals surface area contributed by atoms with E-state index in [1.54, 1.807) is 0 Å². The Morgan fingerprint density at radius 3 is 2.11 bits per heavy atom. The molecule has 8 nitrogen and oxygen atoms in total. The highest BCUT2D eigenvalue weighted by Gasteiger charge is 2.65. The van der Waals surface area contributed by atoms with Gasteiger partial charge in [0.15, 0.2) is 5.78 Å². The van der Waals surface area contributed by atoms with Gasteiger partial charge in [-0.15, -0.1) is 0 Å². The van der Waals surface area contributed by atoms with Crippen molar-refractivity contribution < 1.29 is 30.3 Å². The Balaban J connectivity index is 1.64. The molecule has 4 bridgehead atoms. The largest absolute Gasteiger partial charge is 0.394 e. The first-order chi connectivity index (χ1) is 13.2. The van der Waals surface area contributed by atoms with Crippen molar-refractivity contribution in [1.82, 2.24) is 9.80 Å². The lowest BCUT2D eigenvalue weighted by molar-refractivity contribution is -0.219. The highest BCUT2D eigenvalue weighted by Crippen LogP contribution is 2.50. The molecule has 28 heavy (non-hydrogen) atoms. The Morgan fingerprint density at radius 2 is 1.57 bits per heavy atom. The molecule has 4 heterocycles. The maximum Gasteiger partial charge on any atom is 0.154 e. The van der Waals surface area contributed by atoms with E-state index in [9.17, 15) is 25.2 Å². The van der Waals surface area contributed by atoms with Gasteiger partial charge < -0.3 is 25.5 Å². The number of aliphatic hydroxyl groups is 5. The summed E-state index contributed by atoms with van der Waals surface area (Å²) in [6.07, 6.45) is -6.77. The molecule has 4 saturated heterocycles. The molecule has 0 radical (unpaired) electrons. The van der Waals surface area contributed by atoms with Crippen molar-refractivity contribution in [2.24, 2.45) is 5.41 Å². The molecule has 1 aromatic carbocycles. The molecule has 4 aliphatic heterocycles. The fourth-order valence-corrected chi connectivity index (χ4v) is 5.49. The highest BCUT2D eigenvalue weighted by atomic mass is 16.4. The monoisotopic (exact) mass is 392 g/mol. The number of ketones is 1. The summed E-state index contributed by atoms with van der Waals surface area (Å²) in [5.74, 6) is 0.211. The Morgan fingerprint density at radius 1 is 1.00 bits per heavy atom. The number of carbonyl (C=O) groups excluding carboxylic acids is 1. The molecular weight excluding hydrogens is 364 g/mol. The maximum atomic E-state index is 13.4. The molecule has 5 rings (SSSR count). The lowest BCUT2D eigenvalue weighted by Gasteiger charge is -2.66. The quantitative estimate of drug-likeness (QED) is 0.373. The molecule has 0 aromatic heterocycles. The molecule has 8 heteroatoms. The number of Topliss-reactive ketones (excluding diaryl/α,β-unsaturated/α-hetero) is 1. The van der Waals surface area contributed by atoms with Crippen LogP contribution in [0.3, 0.4) is 0 Å². The first-order valence-electron chi connectivity index (χ1n) is 9.65. The first kappa shape index (κ1) is 19.9. The van der Waals surface area contributed by atoms with E-state index in [-0.39, 0.29) is 5.78 Å². The van der Waals surface area contributed by atoms with Crippen LogP contribution in [-0.4, -0.2) is 104 Å². The normalized spacial score (nSPS) is 40.9. The number of hydrogen-bond acceptors (Lipinski definition) is 8. The number of rotatable bonds is 6. The molecule has 0 aliphatic carbocycles. The smallest absolute Gasteiger partial charge is 0.154 e. The minimum absolute atomic E-state index is 0.211. The van der Waals surface area contributed by atoms with Crippen LogP contribution in [0.5, 0.6) is 0 Å². The number of benzene rings is 1. The van der Waals surface area contributed by atoms with E-state index < -0.39 is 48.0 Å². The van der Waals surface area contributed by atoms with Gasteiger partial charge in [-0.1, -0.05) is 37.3 Å². The Kier molecular flexibility index (Phi) is 4.86. The van der Waals surface area contributed by atoms with Crippen LogP contribution >= 0.6 is 0 Å². The summed E-state index contributed by atoms with van der Waals surface area (Å²) in [4.78, 5) is 17.4. The van der Waals surface area contributed by atoms with Gasteiger partial charge >= 0.3 is 0 Å². The highest BCUT2D eigenvalue weighted by molar-refractivity contribution is 5.97. The fourth-order valence-electron chi connectivity index (χ4n) is 5.49. The summed E-state index contributed by atoms with van der Waals surface area (Å²) in [6, 6.07) is 9.65. The second kappa shape index (κ2) is 6.84. The topological polar surface area (TPSA) is 125 Å². The lowest BCUT2D eigenvalue weighted by atomic mass is 9.58. The Hall–Kier alpha value is -1.39. The Labute approximate surface area is 163 Å². The van der Waals surface area contributed by atoms with Crippen LogP contribution in [0.4, 0.5) is 0 Å². The molecule has 5 N–H and O–H groups in total. The van der Waals surface area contributed by atoms with Crippen LogP contribution in [0.15, 0.2) is 30.3 Å². The zero-order valence-electron chi connectivity index (χ0n) is 15.8. The van der Waals surface area contributed by atoms with Gasteiger partial charge in [-0.3, -0.25) is 14.6 Å². The zero-order chi connectivity index (χ0) is 20.3. The molecule has 6 atom stereocenters. The van der Waals surface area contributed by atoms with Gasteiger partial charge in [-0.2, -0.15) is 0 Å². The standard InChI is InChI=1S/C20H28N2O6/c1-19-8-21-10-20(18(19)28,12-5-3-2-4-6-12)11-22(9-19)17(21)16(27)15(26)14(25)13(24)7-23/h2-6,13-17,23-27H,7-11H2,1H3/t13-,14+,15-,16-,17?,19?,20?/m1/s1. The summed E-state index contributed by atoms with van der Waals surface area (Å²) < 4.78 is 0. The number of hydrogen-bond donors (Lipinski definition) is 5. The van der Waals surface area contributed by atoms with Crippen molar-refractivity contribution in [3.05, 3.63) is 35.9 Å². The summed E-state index contributed by atoms with van der Waals surface area (Å²) in [6.45, 7) is 3.00. The van der Waals surface area contributed by atoms with Crippen LogP contribution < -0.4 is 0 Å². The van der Waals surface area contributed by atoms with Gasteiger partial charge in [0.05, 0.1) is 23.6 Å². The van der Waals surface area contributed by atoms with E-state index in [4.69, 9.17) is 5.11 Å². The minimum atomic E-state index is -1.67. The molecule has 4 aliphatic rings. The van der Waals surface area contributed by atoms with E-state index in [1.165, 1.54) is 0 Å². The maximum absolute atomic E-state index is 13.4. The molecule has 154 valence electrons. The minimum Gasteiger partial charge on any atom is -0.394 e. The first-order valence-corrected chi connectivity index (χ1v) is 9.65. The fraction of sp³-hybridized carbons (Fsp3) is 0.650. The van der Waals surface area contributed by atoms with Crippen molar-refractivity contribution in [3.8, 4) is 0 Å². The molecule has 2 unspecified atom stereocenters. The van der Waals surface area contributed by atoms with Gasteiger partial charge in [0, 0.05) is 26.2 Å². The average molecular weight is 392 g/mol. The molecule has 1 aromatic rings. The Bertz CT molecular complexity index is 727. The van der Waals surface area contributed by atoms with Crippen molar-refractivity contribution in [3.63, 3.8) is 0 Å². The van der Waals surface area contributed by atoms with Crippen molar-refractivity contribution >= 4 is 5.78 Å². The van der Waals surface area contributed by atoms with E-state index in [2.05, 4.69) is 0 Å². The van der Waals surface area contributed by atoms with Gasteiger partial charge in [0.2, 0.25) is 0 Å². The predicted octanol–water partition coefficient (Wildman–Crippen LogP) is -2.09. The molecule has 0 spiro atoms. The van der Waals surface area contributed by atoms with Gasteiger partial charge in [0.1, 0.15) is 24.4 Å². The van der Waals surface area contributed by atoms with Crippen LogP contribution in [-0.2, 0) is 10.2 Å². The number of aliphatic hydroxyl groups excluding tert-OH is 5. The second-order valence-corrected chi connectivity index (χ2v) is 8.78. The van der Waals surface area contributed by atoms with Crippen molar-refractivity contribution in [1.29, 1.82) is 0 Å². The summed E-state index contributed by atoms with van der Waals surface area (Å²) >= 11 is 0. The van der Waals surface area contributed by atoms with Gasteiger partial charge in [0.25, 0.3) is 0 Å². The number of piperidine rings is 2. The summed E-state index contributed by atoms with van der Waals surface area (Å²) in [5.41, 5.74) is -0.307. The van der Waals surface area contributed by atoms with Crippen molar-refractivity contribution in [2.75, 3.05) is 32.8 Å². The van der Waals surface area contributed by atoms with E-state index in [0.29, 0.717) is 26.2 Å². The predicted molar refractivity (Wildman–Crippen MR) is 99.3 cm³/mol.